The fraction of sp³-hybridized carbons (Fsp3) is 0.800. The number of nitrogens with zero attached hydrogens (tertiary/aromatic N) is 3. The summed E-state index contributed by atoms with van der Waals surface area (Å²) in [6.45, 7) is 13.2. The van der Waals surface area contributed by atoms with Crippen LogP contribution >= 0.6 is 0 Å². The Morgan fingerprint density at radius 2 is 2.11 bits per heavy atom. The minimum atomic E-state index is 0.861. The molecule has 0 saturated carbocycles. The average Bonchev–Trinajstić information content (AvgIpc) is 2.79. The molecule has 1 aromatic rings. The second-order valence-electron chi connectivity index (χ2n) is 5.61. The van der Waals surface area contributed by atoms with E-state index in [1.807, 2.05) is 0 Å². The predicted molar refractivity (Wildman–Crippen MR) is 79.2 cm³/mol. The van der Waals surface area contributed by atoms with E-state index in [-0.39, 0.29) is 0 Å². The molecule has 0 amide bonds. The highest BCUT2D eigenvalue weighted by Gasteiger charge is 2.17. The van der Waals surface area contributed by atoms with E-state index in [0.29, 0.717) is 0 Å². The van der Waals surface area contributed by atoms with Crippen molar-refractivity contribution in [3.05, 3.63) is 17.5 Å². The molecule has 4 nitrogen and oxygen atoms in total. The third-order valence-electron chi connectivity index (χ3n) is 4.09. The van der Waals surface area contributed by atoms with Gasteiger partial charge < -0.3 is 5.32 Å². The van der Waals surface area contributed by atoms with Gasteiger partial charge in [0, 0.05) is 19.6 Å². The van der Waals surface area contributed by atoms with Gasteiger partial charge in [0.05, 0.1) is 11.4 Å². The number of aromatic nitrogens is 2. The van der Waals surface area contributed by atoms with E-state index in [0.717, 1.165) is 31.2 Å². The lowest BCUT2D eigenvalue weighted by Crippen LogP contribution is -2.36. The van der Waals surface area contributed by atoms with Gasteiger partial charge in [0.1, 0.15) is 0 Å². The molecule has 1 fully saturated rings. The smallest absolute Gasteiger partial charge is 0.0597 e. The summed E-state index contributed by atoms with van der Waals surface area (Å²) < 4.78 is 2.14. The summed E-state index contributed by atoms with van der Waals surface area (Å²) >= 11 is 0. The van der Waals surface area contributed by atoms with E-state index < -0.39 is 0 Å². The molecule has 1 aliphatic heterocycles. The Morgan fingerprint density at radius 1 is 1.37 bits per heavy atom. The van der Waals surface area contributed by atoms with Crippen molar-refractivity contribution in [2.75, 3.05) is 26.2 Å². The molecule has 1 aromatic heterocycles. The zero-order chi connectivity index (χ0) is 13.7. The van der Waals surface area contributed by atoms with Crippen molar-refractivity contribution in [3.8, 4) is 0 Å². The summed E-state index contributed by atoms with van der Waals surface area (Å²) in [6, 6.07) is 2.23. The molecule has 1 aliphatic rings. The maximum Gasteiger partial charge on any atom is 0.0597 e. The lowest BCUT2D eigenvalue weighted by molar-refractivity contribution is 0.202. The molecule has 108 valence electrons. The van der Waals surface area contributed by atoms with Crippen molar-refractivity contribution in [2.45, 2.75) is 46.7 Å². The fourth-order valence-corrected chi connectivity index (χ4v) is 2.96. The lowest BCUT2D eigenvalue weighted by atomic mass is 9.97. The molecule has 0 unspecified atom stereocenters. The van der Waals surface area contributed by atoms with Crippen molar-refractivity contribution >= 4 is 0 Å². The Morgan fingerprint density at radius 3 is 2.74 bits per heavy atom. The van der Waals surface area contributed by atoms with Crippen LogP contribution in [0.15, 0.2) is 6.07 Å². The van der Waals surface area contributed by atoms with Crippen LogP contribution < -0.4 is 5.32 Å². The van der Waals surface area contributed by atoms with Crippen LogP contribution in [0.4, 0.5) is 0 Å². The van der Waals surface area contributed by atoms with Gasteiger partial charge in [-0.05, 0) is 58.3 Å². The zero-order valence-corrected chi connectivity index (χ0v) is 12.7. The fourth-order valence-electron chi connectivity index (χ4n) is 2.96. The van der Waals surface area contributed by atoms with Gasteiger partial charge in [-0.1, -0.05) is 6.92 Å². The Labute approximate surface area is 117 Å². The normalized spacial score (nSPS) is 17.3. The molecule has 2 heterocycles. The van der Waals surface area contributed by atoms with E-state index in [9.17, 15) is 0 Å². The first kappa shape index (κ1) is 14.5. The summed E-state index contributed by atoms with van der Waals surface area (Å²) in [6.07, 6.45) is 2.64. The number of piperidine rings is 1. The van der Waals surface area contributed by atoms with Crippen molar-refractivity contribution in [2.24, 2.45) is 5.92 Å². The Hall–Kier alpha value is -0.870. The first-order valence-electron chi connectivity index (χ1n) is 7.69. The van der Waals surface area contributed by atoms with Gasteiger partial charge in [0.25, 0.3) is 0 Å². The van der Waals surface area contributed by atoms with Gasteiger partial charge in [0.2, 0.25) is 0 Å². The van der Waals surface area contributed by atoms with Gasteiger partial charge in [-0.2, -0.15) is 5.10 Å². The summed E-state index contributed by atoms with van der Waals surface area (Å²) in [5.74, 6) is 0.861. The Balaban J connectivity index is 1.93. The predicted octanol–water partition coefficient (Wildman–Crippen LogP) is 2.03. The highest BCUT2D eigenvalue weighted by atomic mass is 15.3. The third kappa shape index (κ3) is 4.05. The number of nitrogens with one attached hydrogen (secondary N) is 1. The Bertz CT molecular complexity index is 379. The van der Waals surface area contributed by atoms with Crippen LogP contribution in [0, 0.1) is 12.8 Å². The quantitative estimate of drug-likeness (QED) is 0.853. The molecular weight excluding hydrogens is 236 g/mol. The van der Waals surface area contributed by atoms with Crippen LogP contribution in [0.1, 0.15) is 38.1 Å². The monoisotopic (exact) mass is 264 g/mol. The summed E-state index contributed by atoms with van der Waals surface area (Å²) in [5.41, 5.74) is 2.49. The maximum atomic E-state index is 4.54. The van der Waals surface area contributed by atoms with Crippen LogP contribution in [0.2, 0.25) is 0 Å². The van der Waals surface area contributed by atoms with Gasteiger partial charge in [0.15, 0.2) is 0 Å². The van der Waals surface area contributed by atoms with Gasteiger partial charge in [-0.15, -0.1) is 0 Å². The van der Waals surface area contributed by atoms with Crippen molar-refractivity contribution in [3.63, 3.8) is 0 Å². The molecule has 1 N–H and O–H groups in total. The van der Waals surface area contributed by atoms with E-state index in [4.69, 9.17) is 0 Å². The van der Waals surface area contributed by atoms with Crippen LogP contribution in [-0.4, -0.2) is 40.9 Å². The van der Waals surface area contributed by atoms with Gasteiger partial charge in [-0.3, -0.25) is 9.58 Å². The van der Waals surface area contributed by atoms with Crippen LogP contribution in [-0.2, 0) is 13.1 Å². The number of rotatable bonds is 6. The topological polar surface area (TPSA) is 33.1 Å². The largest absolute Gasteiger partial charge is 0.317 e. The molecule has 0 atom stereocenters. The molecule has 1 saturated heterocycles. The van der Waals surface area contributed by atoms with Crippen LogP contribution in [0.3, 0.4) is 0 Å². The second-order valence-corrected chi connectivity index (χ2v) is 5.61. The van der Waals surface area contributed by atoms with Gasteiger partial charge >= 0.3 is 0 Å². The molecular formula is C15H28N4. The van der Waals surface area contributed by atoms with Crippen molar-refractivity contribution in [1.29, 1.82) is 0 Å². The van der Waals surface area contributed by atoms with Gasteiger partial charge in [-0.25, -0.2) is 0 Å². The van der Waals surface area contributed by atoms with E-state index >= 15 is 0 Å². The van der Waals surface area contributed by atoms with E-state index in [1.165, 1.54) is 38.2 Å². The maximum absolute atomic E-state index is 4.54. The Kier molecular flexibility index (Phi) is 5.40. The molecule has 0 aromatic carbocycles. The number of hydrogen-bond donors (Lipinski definition) is 1. The van der Waals surface area contributed by atoms with Crippen LogP contribution in [0.25, 0.3) is 0 Å². The molecule has 4 heteroatoms. The molecule has 0 bridgehead atoms. The van der Waals surface area contributed by atoms with Crippen molar-refractivity contribution < 1.29 is 0 Å². The summed E-state index contributed by atoms with van der Waals surface area (Å²) in [7, 11) is 0. The second kappa shape index (κ2) is 7.06. The molecule has 19 heavy (non-hydrogen) atoms. The molecule has 0 radical (unpaired) electrons. The number of aryl methyl sites for hydroxylation is 2. The molecule has 0 aliphatic carbocycles. The highest BCUT2D eigenvalue weighted by molar-refractivity contribution is 5.08. The average molecular weight is 264 g/mol. The minimum absolute atomic E-state index is 0.861. The molecule has 2 rings (SSSR count). The minimum Gasteiger partial charge on any atom is -0.317 e. The SMILES string of the molecule is CCN(Cc1cc(C)nn1CC)CC1CCNCC1. The lowest BCUT2D eigenvalue weighted by Gasteiger charge is -2.29. The van der Waals surface area contributed by atoms with Crippen molar-refractivity contribution in [1.82, 2.24) is 20.0 Å². The zero-order valence-electron chi connectivity index (χ0n) is 12.7. The van der Waals surface area contributed by atoms with E-state index in [1.54, 1.807) is 0 Å². The summed E-state index contributed by atoms with van der Waals surface area (Å²) in [5, 5.41) is 7.99. The molecule has 0 spiro atoms. The highest BCUT2D eigenvalue weighted by Crippen LogP contribution is 2.15. The third-order valence-corrected chi connectivity index (χ3v) is 4.09. The number of hydrogen-bond acceptors (Lipinski definition) is 3. The van der Waals surface area contributed by atoms with E-state index in [2.05, 4.69) is 46.8 Å². The standard InChI is InChI=1S/C15H28N4/c1-4-18(11-14-6-8-16-9-7-14)12-15-10-13(3)17-19(15)5-2/h10,14,16H,4-9,11-12H2,1-3H3. The first-order chi connectivity index (χ1) is 9.22. The first-order valence-corrected chi connectivity index (χ1v) is 7.69. The van der Waals surface area contributed by atoms with Crippen LogP contribution in [0.5, 0.6) is 0 Å². The summed E-state index contributed by atoms with van der Waals surface area (Å²) in [4.78, 5) is 2.57.